The van der Waals surface area contributed by atoms with Crippen LogP contribution in [0.4, 0.5) is 5.69 Å². The molecule has 0 saturated carbocycles. The molecule has 0 fully saturated rings. The van der Waals surface area contributed by atoms with E-state index in [0.717, 1.165) is 15.2 Å². The summed E-state index contributed by atoms with van der Waals surface area (Å²) >= 11 is 0. The summed E-state index contributed by atoms with van der Waals surface area (Å²) < 4.78 is 5.12. The number of nitrogens with one attached hydrogen (secondary N) is 1. The quantitative estimate of drug-likeness (QED) is 0.334. The highest BCUT2D eigenvalue weighted by Gasteiger charge is 2.13. The van der Waals surface area contributed by atoms with Gasteiger partial charge in [0.15, 0.2) is 0 Å². The number of carbonyl (C=O) groups is 1. The first-order valence-corrected chi connectivity index (χ1v) is 10.7. The van der Waals surface area contributed by atoms with Crippen LogP contribution in [0.25, 0.3) is 11.0 Å². The molecular weight excluding hydrogens is 390 g/mol. The summed E-state index contributed by atoms with van der Waals surface area (Å²) in [5, 5.41) is 3.67. The number of rotatable bonds is 5. The van der Waals surface area contributed by atoms with Crippen LogP contribution in [-0.2, 0) is 0 Å². The lowest BCUT2D eigenvalue weighted by Crippen LogP contribution is -2.12. The van der Waals surface area contributed by atoms with E-state index in [0.29, 0.717) is 16.8 Å². The summed E-state index contributed by atoms with van der Waals surface area (Å²) in [6, 6.07) is 25.8. The second-order valence-electron chi connectivity index (χ2n) is 5.94. The molecule has 4 nitrogen and oxygen atoms in total. The summed E-state index contributed by atoms with van der Waals surface area (Å²) in [7, 11) is 3.16. The van der Waals surface area contributed by atoms with Gasteiger partial charge in [-0.3, -0.25) is 4.79 Å². The molecule has 4 rings (SSSR count). The lowest BCUT2D eigenvalue weighted by atomic mass is 10.2. The highest BCUT2D eigenvalue weighted by Crippen LogP contribution is 2.39. The van der Waals surface area contributed by atoms with Crippen molar-refractivity contribution in [2.75, 3.05) is 5.32 Å². The molecular formula is C22H15NO3S2. The number of hydrogen-bond donors (Lipinski definition) is 1. The van der Waals surface area contributed by atoms with Crippen molar-refractivity contribution in [1.82, 2.24) is 0 Å². The Morgan fingerprint density at radius 1 is 0.821 bits per heavy atom. The Morgan fingerprint density at radius 3 is 2.46 bits per heavy atom. The Kier molecular flexibility index (Phi) is 5.50. The predicted molar refractivity (Wildman–Crippen MR) is 115 cm³/mol. The zero-order valence-corrected chi connectivity index (χ0v) is 16.3. The maximum atomic E-state index is 12.8. The third kappa shape index (κ3) is 4.30. The second-order valence-corrected chi connectivity index (χ2v) is 8.18. The molecule has 3 aromatic carbocycles. The molecule has 0 aliphatic carbocycles. The van der Waals surface area contributed by atoms with E-state index in [1.807, 2.05) is 54.6 Å². The summed E-state index contributed by atoms with van der Waals surface area (Å²) in [5.41, 5.74) is 1.34. The molecule has 0 radical (unpaired) electrons. The van der Waals surface area contributed by atoms with Crippen molar-refractivity contribution in [3.63, 3.8) is 0 Å². The molecule has 6 heteroatoms. The van der Waals surface area contributed by atoms with Gasteiger partial charge >= 0.3 is 5.63 Å². The largest absolute Gasteiger partial charge is 0.423 e. The first-order valence-electron chi connectivity index (χ1n) is 8.53. The zero-order valence-electron chi connectivity index (χ0n) is 14.6. The van der Waals surface area contributed by atoms with Crippen LogP contribution < -0.4 is 10.9 Å². The standard InChI is InChI=1S/C22H15NO3S2/c24-21-13-10-15-14-16(11-12-19(15)26-21)23-22(25)18-8-4-5-9-20(18)28-27-17-6-2-1-3-7-17/h1-14H,(H,23,25). The van der Waals surface area contributed by atoms with Crippen molar-refractivity contribution in [2.45, 2.75) is 9.79 Å². The molecule has 0 aliphatic heterocycles. The van der Waals surface area contributed by atoms with E-state index >= 15 is 0 Å². The summed E-state index contributed by atoms with van der Waals surface area (Å²) in [4.78, 5) is 26.1. The molecule has 0 aliphatic rings. The van der Waals surface area contributed by atoms with Gasteiger partial charge in [0.25, 0.3) is 5.91 Å². The molecule has 4 aromatic rings. The van der Waals surface area contributed by atoms with Gasteiger partial charge in [-0.05, 0) is 48.5 Å². The SMILES string of the molecule is O=C(Nc1ccc2oc(=O)ccc2c1)c1ccccc1SSc1ccccc1. The molecule has 0 atom stereocenters. The Hall–Kier alpha value is -2.96. The van der Waals surface area contributed by atoms with Gasteiger partial charge in [-0.2, -0.15) is 0 Å². The van der Waals surface area contributed by atoms with Gasteiger partial charge in [-0.15, -0.1) is 0 Å². The van der Waals surface area contributed by atoms with E-state index in [2.05, 4.69) is 5.32 Å². The van der Waals surface area contributed by atoms with Crippen molar-refractivity contribution in [1.29, 1.82) is 0 Å². The molecule has 0 unspecified atom stereocenters. The van der Waals surface area contributed by atoms with E-state index in [4.69, 9.17) is 4.42 Å². The van der Waals surface area contributed by atoms with Crippen LogP contribution in [0.3, 0.4) is 0 Å². The molecule has 138 valence electrons. The van der Waals surface area contributed by atoms with E-state index < -0.39 is 5.63 Å². The van der Waals surface area contributed by atoms with E-state index in [1.165, 1.54) is 6.07 Å². The van der Waals surface area contributed by atoms with Crippen LogP contribution in [0.1, 0.15) is 10.4 Å². The van der Waals surface area contributed by atoms with Crippen LogP contribution in [0.15, 0.2) is 104 Å². The van der Waals surface area contributed by atoms with Crippen molar-refractivity contribution in [3.8, 4) is 0 Å². The zero-order chi connectivity index (χ0) is 19.3. The monoisotopic (exact) mass is 405 g/mol. The van der Waals surface area contributed by atoms with Gasteiger partial charge in [-0.25, -0.2) is 4.79 Å². The predicted octanol–water partition coefficient (Wildman–Crippen LogP) is 5.84. The normalized spacial score (nSPS) is 10.7. The molecule has 0 saturated heterocycles. The average molecular weight is 406 g/mol. The Labute approximate surface area is 169 Å². The van der Waals surface area contributed by atoms with Gasteiger partial charge in [-0.1, -0.05) is 51.9 Å². The molecule has 0 spiro atoms. The Balaban J connectivity index is 1.53. The van der Waals surface area contributed by atoms with Crippen molar-refractivity contribution in [2.24, 2.45) is 0 Å². The molecule has 1 heterocycles. The lowest BCUT2D eigenvalue weighted by molar-refractivity contribution is 0.102. The third-order valence-electron chi connectivity index (χ3n) is 3.98. The highest BCUT2D eigenvalue weighted by molar-refractivity contribution is 8.76. The van der Waals surface area contributed by atoms with Crippen LogP contribution in [0.5, 0.6) is 0 Å². The molecule has 28 heavy (non-hydrogen) atoms. The minimum Gasteiger partial charge on any atom is -0.423 e. The fraction of sp³-hybridized carbons (Fsp3) is 0. The molecule has 0 bridgehead atoms. The van der Waals surface area contributed by atoms with Crippen molar-refractivity contribution in [3.05, 3.63) is 101 Å². The lowest BCUT2D eigenvalue weighted by Gasteiger charge is -2.10. The minimum atomic E-state index is -0.397. The Morgan fingerprint density at radius 2 is 1.61 bits per heavy atom. The van der Waals surface area contributed by atoms with Gasteiger partial charge in [0.2, 0.25) is 0 Å². The number of anilines is 1. The van der Waals surface area contributed by atoms with Gasteiger partial charge in [0, 0.05) is 26.9 Å². The first kappa shape index (κ1) is 18.4. The van der Waals surface area contributed by atoms with E-state index in [1.54, 1.807) is 45.9 Å². The van der Waals surface area contributed by atoms with Crippen LogP contribution >= 0.6 is 21.6 Å². The average Bonchev–Trinajstić information content (AvgIpc) is 2.73. The number of carbonyl (C=O) groups excluding carboxylic acids is 1. The fourth-order valence-corrected chi connectivity index (χ4v) is 4.81. The van der Waals surface area contributed by atoms with Gasteiger partial charge in [0.1, 0.15) is 5.58 Å². The highest BCUT2D eigenvalue weighted by atomic mass is 33.1. The van der Waals surface area contributed by atoms with E-state index in [-0.39, 0.29) is 5.91 Å². The number of benzene rings is 3. The Bertz CT molecular complexity index is 1190. The number of fused-ring (bicyclic) bond motifs is 1. The molecule has 1 N–H and O–H groups in total. The summed E-state index contributed by atoms with van der Waals surface area (Å²) in [6.07, 6.45) is 0. The fourth-order valence-electron chi connectivity index (χ4n) is 2.64. The van der Waals surface area contributed by atoms with Crippen LogP contribution in [0, 0.1) is 0 Å². The van der Waals surface area contributed by atoms with Gasteiger partial charge < -0.3 is 9.73 Å². The van der Waals surface area contributed by atoms with Crippen LogP contribution in [-0.4, -0.2) is 5.91 Å². The summed E-state index contributed by atoms with van der Waals surface area (Å²) in [6.45, 7) is 0. The second kappa shape index (κ2) is 8.37. The van der Waals surface area contributed by atoms with E-state index in [9.17, 15) is 9.59 Å². The van der Waals surface area contributed by atoms with Crippen LogP contribution in [0.2, 0.25) is 0 Å². The number of hydrogen-bond acceptors (Lipinski definition) is 5. The molecule has 1 amide bonds. The van der Waals surface area contributed by atoms with Crippen molar-refractivity contribution >= 4 is 44.2 Å². The minimum absolute atomic E-state index is 0.187. The topological polar surface area (TPSA) is 59.3 Å². The summed E-state index contributed by atoms with van der Waals surface area (Å²) in [5.74, 6) is -0.187. The smallest absolute Gasteiger partial charge is 0.336 e. The third-order valence-corrected chi connectivity index (χ3v) is 6.43. The molecule has 1 aromatic heterocycles. The van der Waals surface area contributed by atoms with Crippen molar-refractivity contribution < 1.29 is 9.21 Å². The maximum Gasteiger partial charge on any atom is 0.336 e. The number of amides is 1. The maximum absolute atomic E-state index is 12.8. The van der Waals surface area contributed by atoms with Gasteiger partial charge in [0.05, 0.1) is 5.56 Å². The first-order chi connectivity index (χ1) is 13.7.